The van der Waals surface area contributed by atoms with Crippen LogP contribution in [0.5, 0.6) is 11.5 Å². The lowest BCUT2D eigenvalue weighted by atomic mass is 10.1. The lowest BCUT2D eigenvalue weighted by Crippen LogP contribution is -2.05. The summed E-state index contributed by atoms with van der Waals surface area (Å²) in [6.45, 7) is 4.15. The molecular weight excluding hydrogens is 383 g/mol. The van der Waals surface area contributed by atoms with Crippen LogP contribution in [-0.4, -0.2) is 0 Å². The van der Waals surface area contributed by atoms with E-state index in [0.717, 1.165) is 22.1 Å². The Bertz CT molecular complexity index is 1250. The molecule has 30 heavy (non-hydrogen) atoms. The van der Waals surface area contributed by atoms with Crippen LogP contribution in [-0.2, 0) is 13.2 Å². The van der Waals surface area contributed by atoms with Gasteiger partial charge in [-0.3, -0.25) is 0 Å². The Morgan fingerprint density at radius 1 is 0.833 bits per heavy atom. The summed E-state index contributed by atoms with van der Waals surface area (Å²) >= 11 is 0. The summed E-state index contributed by atoms with van der Waals surface area (Å²) in [6.07, 6.45) is 0. The average Bonchev–Trinajstić information content (AvgIpc) is 2.76. The van der Waals surface area contributed by atoms with Crippen molar-refractivity contribution in [3.05, 3.63) is 105 Å². The smallest absolute Gasteiger partial charge is 0.339 e. The Morgan fingerprint density at radius 3 is 2.40 bits per heavy atom. The fraction of sp³-hybridized carbons (Fsp3) is 0.160. The molecule has 0 aliphatic carbocycles. The summed E-state index contributed by atoms with van der Waals surface area (Å²) in [5.74, 6) is 0.313. The van der Waals surface area contributed by atoms with Crippen LogP contribution in [0.4, 0.5) is 4.39 Å². The minimum absolute atomic E-state index is 0.176. The van der Waals surface area contributed by atoms with Gasteiger partial charge in [-0.2, -0.15) is 0 Å². The highest BCUT2D eigenvalue weighted by Gasteiger charge is 2.10. The predicted molar refractivity (Wildman–Crippen MR) is 113 cm³/mol. The summed E-state index contributed by atoms with van der Waals surface area (Å²) in [5, 5.41) is 0.873. The van der Waals surface area contributed by atoms with Crippen LogP contribution in [0.15, 0.2) is 75.9 Å². The van der Waals surface area contributed by atoms with Gasteiger partial charge in [0, 0.05) is 17.0 Å². The zero-order valence-corrected chi connectivity index (χ0v) is 16.8. The molecule has 4 nitrogen and oxygen atoms in total. The molecule has 1 aromatic heterocycles. The minimum Gasteiger partial charge on any atom is -0.489 e. The van der Waals surface area contributed by atoms with Crippen LogP contribution in [0.2, 0.25) is 0 Å². The maximum Gasteiger partial charge on any atom is 0.339 e. The van der Waals surface area contributed by atoms with Crippen molar-refractivity contribution < 1.29 is 18.3 Å². The first-order chi connectivity index (χ1) is 14.5. The van der Waals surface area contributed by atoms with Gasteiger partial charge >= 0.3 is 5.63 Å². The maximum absolute atomic E-state index is 14.1. The van der Waals surface area contributed by atoms with Crippen LogP contribution in [0.25, 0.3) is 11.0 Å². The van der Waals surface area contributed by atoms with E-state index < -0.39 is 5.82 Å². The lowest BCUT2D eigenvalue weighted by Gasteiger charge is -2.11. The quantitative estimate of drug-likeness (QED) is 0.387. The highest BCUT2D eigenvalue weighted by atomic mass is 19.1. The lowest BCUT2D eigenvalue weighted by molar-refractivity contribution is 0.284. The van der Waals surface area contributed by atoms with Gasteiger partial charge in [-0.1, -0.05) is 36.4 Å². The third-order valence-electron chi connectivity index (χ3n) is 5.07. The molecule has 0 fully saturated rings. The molecule has 0 aliphatic heterocycles. The SMILES string of the molecule is Cc1c(C)c2ccc(OCc3ccc(F)c(OCc4ccccc4)c3)cc2oc1=O. The number of halogens is 1. The van der Waals surface area contributed by atoms with E-state index >= 15 is 0 Å². The second kappa shape index (κ2) is 8.41. The normalized spacial score (nSPS) is 10.9. The van der Waals surface area contributed by atoms with Gasteiger partial charge in [0.1, 0.15) is 24.5 Å². The van der Waals surface area contributed by atoms with E-state index in [0.29, 0.717) is 16.9 Å². The predicted octanol–water partition coefficient (Wildman–Crippen LogP) is 5.71. The monoisotopic (exact) mass is 404 g/mol. The minimum atomic E-state index is -0.423. The average molecular weight is 404 g/mol. The van der Waals surface area contributed by atoms with E-state index in [-0.39, 0.29) is 24.6 Å². The second-order valence-corrected chi connectivity index (χ2v) is 7.13. The highest BCUT2D eigenvalue weighted by Crippen LogP contribution is 2.25. The third kappa shape index (κ3) is 4.20. The Hall–Kier alpha value is -3.60. The number of benzene rings is 3. The van der Waals surface area contributed by atoms with Crippen molar-refractivity contribution in [3.8, 4) is 11.5 Å². The summed E-state index contributed by atoms with van der Waals surface area (Å²) in [4.78, 5) is 11.9. The molecule has 0 amide bonds. The first-order valence-electron chi connectivity index (χ1n) is 9.63. The third-order valence-corrected chi connectivity index (χ3v) is 5.07. The molecule has 1 heterocycles. The molecule has 0 atom stereocenters. The van der Waals surface area contributed by atoms with Gasteiger partial charge in [0.15, 0.2) is 11.6 Å². The molecule has 0 spiro atoms. The van der Waals surface area contributed by atoms with Crippen LogP contribution in [0.1, 0.15) is 22.3 Å². The second-order valence-electron chi connectivity index (χ2n) is 7.13. The van der Waals surface area contributed by atoms with Crippen molar-refractivity contribution in [3.63, 3.8) is 0 Å². The molecule has 4 rings (SSSR count). The van der Waals surface area contributed by atoms with E-state index in [9.17, 15) is 9.18 Å². The fourth-order valence-corrected chi connectivity index (χ4v) is 3.17. The molecule has 0 bridgehead atoms. The largest absolute Gasteiger partial charge is 0.489 e. The van der Waals surface area contributed by atoms with Gasteiger partial charge in [-0.15, -0.1) is 0 Å². The topological polar surface area (TPSA) is 48.7 Å². The van der Waals surface area contributed by atoms with Crippen LogP contribution >= 0.6 is 0 Å². The fourth-order valence-electron chi connectivity index (χ4n) is 3.17. The number of ether oxygens (including phenoxy) is 2. The Kier molecular flexibility index (Phi) is 5.53. The maximum atomic E-state index is 14.1. The molecule has 0 saturated carbocycles. The molecule has 4 aromatic rings. The molecule has 0 saturated heterocycles. The zero-order valence-electron chi connectivity index (χ0n) is 16.8. The number of rotatable bonds is 6. The first-order valence-corrected chi connectivity index (χ1v) is 9.63. The van der Waals surface area contributed by atoms with E-state index in [4.69, 9.17) is 13.9 Å². The van der Waals surface area contributed by atoms with Gasteiger partial charge in [-0.25, -0.2) is 9.18 Å². The molecule has 3 aromatic carbocycles. The molecule has 5 heteroatoms. The van der Waals surface area contributed by atoms with Gasteiger partial charge in [0.25, 0.3) is 0 Å². The summed E-state index contributed by atoms with van der Waals surface area (Å²) in [5.41, 5.74) is 3.35. The van der Waals surface area contributed by atoms with Crippen LogP contribution in [0, 0.1) is 19.7 Å². The summed E-state index contributed by atoms with van der Waals surface area (Å²) < 4.78 is 30.9. The Labute approximate surface area is 173 Å². The van der Waals surface area contributed by atoms with Gasteiger partial charge < -0.3 is 13.9 Å². The van der Waals surface area contributed by atoms with E-state index in [2.05, 4.69) is 0 Å². The van der Waals surface area contributed by atoms with Gasteiger partial charge in [-0.05, 0) is 54.8 Å². The highest BCUT2D eigenvalue weighted by molar-refractivity contribution is 5.82. The van der Waals surface area contributed by atoms with Crippen molar-refractivity contribution in [2.24, 2.45) is 0 Å². The molecule has 0 radical (unpaired) electrons. The number of hydrogen-bond acceptors (Lipinski definition) is 4. The summed E-state index contributed by atoms with van der Waals surface area (Å²) in [7, 11) is 0. The van der Waals surface area contributed by atoms with Gasteiger partial charge in [0.05, 0.1) is 0 Å². The van der Waals surface area contributed by atoms with Crippen LogP contribution < -0.4 is 15.1 Å². The molecule has 0 aliphatic rings. The van der Waals surface area contributed by atoms with Crippen molar-refractivity contribution in [1.82, 2.24) is 0 Å². The van der Waals surface area contributed by atoms with Gasteiger partial charge in [0.2, 0.25) is 0 Å². The summed E-state index contributed by atoms with van der Waals surface area (Å²) in [6, 6.07) is 19.6. The van der Waals surface area contributed by atoms with Crippen molar-refractivity contribution in [2.45, 2.75) is 27.1 Å². The van der Waals surface area contributed by atoms with Crippen LogP contribution in [0.3, 0.4) is 0 Å². The molecule has 0 unspecified atom stereocenters. The van der Waals surface area contributed by atoms with Crippen molar-refractivity contribution in [1.29, 1.82) is 0 Å². The van der Waals surface area contributed by atoms with E-state index in [1.807, 2.05) is 49.4 Å². The standard InChI is InChI=1S/C25H21FO4/c1-16-17(2)25(27)30-23-13-20(9-10-21(16)23)28-15-19-8-11-22(26)24(12-19)29-14-18-6-4-3-5-7-18/h3-13H,14-15H2,1-2H3. The molecular formula is C25H21FO4. The Morgan fingerprint density at radius 2 is 1.60 bits per heavy atom. The zero-order chi connectivity index (χ0) is 21.1. The Balaban J connectivity index is 1.48. The van der Waals surface area contributed by atoms with Crippen molar-refractivity contribution >= 4 is 11.0 Å². The molecule has 0 N–H and O–H groups in total. The first kappa shape index (κ1) is 19.7. The number of aryl methyl sites for hydroxylation is 1. The number of fused-ring (bicyclic) bond motifs is 1. The van der Waals surface area contributed by atoms with Crippen molar-refractivity contribution in [2.75, 3.05) is 0 Å². The molecule has 152 valence electrons. The van der Waals surface area contributed by atoms with E-state index in [1.54, 1.807) is 25.1 Å². The van der Waals surface area contributed by atoms with E-state index in [1.165, 1.54) is 6.07 Å². The number of hydrogen-bond donors (Lipinski definition) is 0.